The van der Waals surface area contributed by atoms with Crippen molar-refractivity contribution >= 4 is 32.6 Å². The molecule has 0 atom stereocenters. The first-order chi connectivity index (χ1) is 11.5. The number of halogens is 4. The normalized spacial score (nSPS) is 12.5. The van der Waals surface area contributed by atoms with Gasteiger partial charge in [0.2, 0.25) is 0 Å². The quantitative estimate of drug-likeness (QED) is 0.633. The maximum atomic E-state index is 12.7. The first-order valence-electron chi connectivity index (χ1n) is 6.78. The van der Waals surface area contributed by atoms with E-state index in [-0.39, 0.29) is 16.6 Å². The molecule has 0 bridgehead atoms. The van der Waals surface area contributed by atoms with Crippen LogP contribution in [0.25, 0.3) is 16.7 Å². The van der Waals surface area contributed by atoms with Gasteiger partial charge in [-0.3, -0.25) is 4.57 Å². The van der Waals surface area contributed by atoms with Gasteiger partial charge in [-0.25, -0.2) is 4.98 Å². The van der Waals surface area contributed by atoms with Crippen LogP contribution in [0.3, 0.4) is 0 Å². The van der Waals surface area contributed by atoms with E-state index in [9.17, 15) is 21.6 Å². The van der Waals surface area contributed by atoms with Crippen LogP contribution in [0.5, 0.6) is 5.75 Å². The number of aromatic nitrogens is 2. The topological polar surface area (TPSA) is 61.2 Å². The summed E-state index contributed by atoms with van der Waals surface area (Å²) in [6.45, 7) is 0. The van der Waals surface area contributed by atoms with Gasteiger partial charge < -0.3 is 4.18 Å². The predicted octanol–water partition coefficient (Wildman–Crippen LogP) is 4.04. The van der Waals surface area contributed by atoms with Crippen molar-refractivity contribution in [1.29, 1.82) is 0 Å². The molecule has 3 rings (SSSR count). The zero-order valence-electron chi connectivity index (χ0n) is 12.6. The summed E-state index contributed by atoms with van der Waals surface area (Å²) in [6, 6.07) is 6.99. The average Bonchev–Trinajstić information content (AvgIpc) is 2.87. The Morgan fingerprint density at radius 3 is 2.52 bits per heavy atom. The molecule has 1 aromatic carbocycles. The van der Waals surface area contributed by atoms with Gasteiger partial charge in [-0.15, -0.1) is 0 Å². The lowest BCUT2D eigenvalue weighted by Crippen LogP contribution is -2.07. The van der Waals surface area contributed by atoms with Crippen LogP contribution in [0.1, 0.15) is 5.56 Å². The summed E-state index contributed by atoms with van der Waals surface area (Å²) in [5, 5.41) is 0.514. The molecule has 0 aliphatic heterocycles. The van der Waals surface area contributed by atoms with Crippen LogP contribution >= 0.6 is 11.6 Å². The average molecular weight is 391 g/mol. The Morgan fingerprint density at radius 1 is 1.20 bits per heavy atom. The number of benzene rings is 1. The fourth-order valence-corrected chi connectivity index (χ4v) is 2.99. The fraction of sp³-hybridized carbons (Fsp3) is 0.133. The Kier molecular flexibility index (Phi) is 4.16. The van der Waals surface area contributed by atoms with Gasteiger partial charge in [-0.05, 0) is 24.3 Å². The lowest BCUT2D eigenvalue weighted by Gasteiger charge is -2.11. The first-order valence-corrected chi connectivity index (χ1v) is 8.98. The minimum atomic E-state index is -4.55. The monoisotopic (exact) mass is 390 g/mol. The fourth-order valence-electron chi connectivity index (χ4n) is 2.28. The van der Waals surface area contributed by atoms with E-state index in [4.69, 9.17) is 15.8 Å². The highest BCUT2D eigenvalue weighted by molar-refractivity contribution is 7.86. The molecule has 0 amide bonds. The van der Waals surface area contributed by atoms with Gasteiger partial charge in [-0.2, -0.15) is 21.6 Å². The van der Waals surface area contributed by atoms with Crippen molar-refractivity contribution < 1.29 is 25.8 Å². The van der Waals surface area contributed by atoms with Crippen molar-refractivity contribution in [3.05, 3.63) is 53.3 Å². The molecule has 2 heterocycles. The summed E-state index contributed by atoms with van der Waals surface area (Å²) in [5.41, 5.74) is -0.478. The molecule has 0 saturated carbocycles. The minimum absolute atomic E-state index is 0.0676. The summed E-state index contributed by atoms with van der Waals surface area (Å²) in [4.78, 5) is 3.79. The smallest absolute Gasteiger partial charge is 0.383 e. The second kappa shape index (κ2) is 5.92. The maximum absolute atomic E-state index is 12.7. The summed E-state index contributed by atoms with van der Waals surface area (Å²) < 4.78 is 66.9. The molecule has 10 heteroatoms. The van der Waals surface area contributed by atoms with Gasteiger partial charge in [0, 0.05) is 23.8 Å². The van der Waals surface area contributed by atoms with Crippen molar-refractivity contribution in [3.8, 4) is 11.6 Å². The number of rotatable bonds is 3. The standard InChI is InChI=1S/C15H10ClF3N2O3S/c1-25(22,23)24-11-3-2-9-4-5-21(13(9)7-11)14-12(16)6-10(8-20-14)15(17,18)19/h2-8H,1H3. The molecule has 0 unspecified atom stereocenters. The molecule has 0 aliphatic rings. The van der Waals surface area contributed by atoms with Gasteiger partial charge in [0.05, 0.1) is 22.4 Å². The number of alkyl halides is 3. The molecule has 2 aromatic heterocycles. The predicted molar refractivity (Wildman–Crippen MR) is 86.6 cm³/mol. The van der Waals surface area contributed by atoms with E-state index >= 15 is 0 Å². The van der Waals surface area contributed by atoms with E-state index in [0.29, 0.717) is 17.1 Å². The zero-order chi connectivity index (χ0) is 18.4. The van der Waals surface area contributed by atoms with E-state index in [1.54, 1.807) is 18.3 Å². The molecule has 0 saturated heterocycles. The summed E-state index contributed by atoms with van der Waals surface area (Å²) >= 11 is 5.96. The molecule has 132 valence electrons. The van der Waals surface area contributed by atoms with Gasteiger partial charge in [0.1, 0.15) is 5.75 Å². The lowest BCUT2D eigenvalue weighted by molar-refractivity contribution is -0.137. The SMILES string of the molecule is CS(=O)(=O)Oc1ccc2ccn(-c3ncc(C(F)(F)F)cc3Cl)c2c1. The molecule has 0 spiro atoms. The highest BCUT2D eigenvalue weighted by Gasteiger charge is 2.31. The molecule has 0 fully saturated rings. The summed E-state index contributed by atoms with van der Waals surface area (Å²) in [6.07, 6.45) is -1.39. The van der Waals surface area contributed by atoms with Crippen molar-refractivity contribution in [2.45, 2.75) is 6.18 Å². The van der Waals surface area contributed by atoms with Crippen molar-refractivity contribution in [1.82, 2.24) is 9.55 Å². The minimum Gasteiger partial charge on any atom is -0.383 e. The van der Waals surface area contributed by atoms with E-state index in [0.717, 1.165) is 12.3 Å². The number of nitrogens with zero attached hydrogens (tertiary/aromatic N) is 2. The second-order valence-electron chi connectivity index (χ2n) is 5.22. The summed E-state index contributed by atoms with van der Waals surface area (Å²) in [5.74, 6) is 0.152. The Labute approximate surface area is 145 Å². The van der Waals surface area contributed by atoms with Crippen LogP contribution in [0.15, 0.2) is 42.7 Å². The first kappa shape index (κ1) is 17.6. The van der Waals surface area contributed by atoms with E-state index in [2.05, 4.69) is 4.98 Å². The number of fused-ring (bicyclic) bond motifs is 1. The van der Waals surface area contributed by atoms with E-state index in [1.165, 1.54) is 16.7 Å². The number of hydrogen-bond donors (Lipinski definition) is 0. The highest BCUT2D eigenvalue weighted by Crippen LogP contribution is 2.33. The van der Waals surface area contributed by atoms with Crippen LogP contribution in [0.2, 0.25) is 5.02 Å². The van der Waals surface area contributed by atoms with Gasteiger partial charge in [0.25, 0.3) is 0 Å². The third kappa shape index (κ3) is 3.72. The molecule has 0 aliphatic carbocycles. The molecule has 25 heavy (non-hydrogen) atoms. The van der Waals surface area contributed by atoms with Crippen molar-refractivity contribution in [2.24, 2.45) is 0 Å². The van der Waals surface area contributed by atoms with Crippen LogP contribution < -0.4 is 4.18 Å². The van der Waals surface area contributed by atoms with Crippen LogP contribution in [-0.4, -0.2) is 24.2 Å². The van der Waals surface area contributed by atoms with Crippen LogP contribution in [-0.2, 0) is 16.3 Å². The molecule has 0 N–H and O–H groups in total. The van der Waals surface area contributed by atoms with Crippen LogP contribution in [0, 0.1) is 0 Å². The maximum Gasteiger partial charge on any atom is 0.417 e. The summed E-state index contributed by atoms with van der Waals surface area (Å²) in [7, 11) is -3.71. The van der Waals surface area contributed by atoms with Crippen molar-refractivity contribution in [3.63, 3.8) is 0 Å². The zero-order valence-corrected chi connectivity index (χ0v) is 14.2. The third-order valence-corrected chi connectivity index (χ3v) is 4.06. The number of hydrogen-bond acceptors (Lipinski definition) is 4. The van der Waals surface area contributed by atoms with Gasteiger partial charge >= 0.3 is 16.3 Å². The molecule has 3 aromatic rings. The Balaban J connectivity index is 2.11. The largest absolute Gasteiger partial charge is 0.417 e. The van der Waals surface area contributed by atoms with E-state index < -0.39 is 21.9 Å². The Morgan fingerprint density at radius 2 is 1.92 bits per heavy atom. The molecule has 5 nitrogen and oxygen atoms in total. The lowest BCUT2D eigenvalue weighted by atomic mass is 10.2. The van der Waals surface area contributed by atoms with Gasteiger partial charge in [-0.1, -0.05) is 11.6 Å². The second-order valence-corrected chi connectivity index (χ2v) is 7.20. The van der Waals surface area contributed by atoms with Gasteiger partial charge in [0.15, 0.2) is 5.82 Å². The molecule has 0 radical (unpaired) electrons. The highest BCUT2D eigenvalue weighted by atomic mass is 35.5. The molecular weight excluding hydrogens is 381 g/mol. The Hall–Kier alpha value is -2.26. The Bertz CT molecular complexity index is 1060. The third-order valence-electron chi connectivity index (χ3n) is 3.29. The number of pyridine rings is 1. The molecular formula is C15H10ClF3N2O3S. The van der Waals surface area contributed by atoms with Crippen molar-refractivity contribution in [2.75, 3.05) is 6.26 Å². The van der Waals surface area contributed by atoms with E-state index in [1.807, 2.05) is 0 Å². The van der Waals surface area contributed by atoms with Crippen LogP contribution in [0.4, 0.5) is 13.2 Å².